The smallest absolute Gasteiger partial charge is 0.312 e. The van der Waals surface area contributed by atoms with Crippen molar-refractivity contribution in [2.24, 2.45) is 28.6 Å². The summed E-state index contributed by atoms with van der Waals surface area (Å²) in [6.07, 6.45) is 4.56. The molecule has 1 saturated carbocycles. The maximum atomic E-state index is 13.0. The van der Waals surface area contributed by atoms with Crippen molar-refractivity contribution in [3.05, 3.63) is 23.0 Å². The van der Waals surface area contributed by atoms with Crippen LogP contribution in [0.2, 0.25) is 0 Å². The summed E-state index contributed by atoms with van der Waals surface area (Å²) < 4.78 is 5.60. The van der Waals surface area contributed by atoms with Crippen LogP contribution in [0, 0.1) is 28.6 Å². The fourth-order valence-corrected chi connectivity index (χ4v) is 5.85. The third-order valence-corrected chi connectivity index (χ3v) is 6.90. The van der Waals surface area contributed by atoms with Crippen molar-refractivity contribution in [2.75, 3.05) is 6.61 Å². The number of esters is 1. The molecule has 2 bridgehead atoms. The predicted octanol–water partition coefficient (Wildman–Crippen LogP) is 1.87. The van der Waals surface area contributed by atoms with Gasteiger partial charge < -0.3 is 19.7 Å². The van der Waals surface area contributed by atoms with Crippen LogP contribution in [0.25, 0.3) is 0 Å². The zero-order chi connectivity index (χ0) is 18.9. The number of hydrogen-bond donors (Lipinski definition) is 2. The number of hydrogen-bond acceptors (Lipinski definition) is 6. The molecule has 6 heteroatoms. The number of Topliss-reactive ketones (excluding diaryl/α,β-unsaturated/α-hetero) is 1. The highest BCUT2D eigenvalue weighted by Crippen LogP contribution is 2.61. The molecule has 4 aliphatic rings. The van der Waals surface area contributed by atoms with E-state index in [2.05, 4.69) is 0 Å². The first-order valence-electron chi connectivity index (χ1n) is 9.25. The first-order valence-corrected chi connectivity index (χ1v) is 9.25. The topological polar surface area (TPSA) is 101 Å². The molecule has 140 valence electrons. The minimum absolute atomic E-state index is 0.309. The Hall–Kier alpha value is -1.95. The van der Waals surface area contributed by atoms with E-state index in [0.29, 0.717) is 24.0 Å². The molecule has 2 N–H and O–H groups in total. The van der Waals surface area contributed by atoms with Gasteiger partial charge >= 0.3 is 5.97 Å². The van der Waals surface area contributed by atoms with Crippen molar-refractivity contribution in [3.8, 4) is 0 Å². The van der Waals surface area contributed by atoms with Crippen LogP contribution in [-0.2, 0) is 19.1 Å². The molecule has 0 radical (unpaired) electrons. The van der Waals surface area contributed by atoms with Gasteiger partial charge in [-0.25, -0.2) is 0 Å². The number of aliphatic hydroxyl groups excluding tert-OH is 2. The van der Waals surface area contributed by atoms with E-state index in [1.165, 1.54) is 0 Å². The number of ketones is 1. The summed E-state index contributed by atoms with van der Waals surface area (Å²) in [7, 11) is 0. The summed E-state index contributed by atoms with van der Waals surface area (Å²) in [6.45, 7) is 3.54. The summed E-state index contributed by atoms with van der Waals surface area (Å²) in [6, 6.07) is 0. The Bertz CT molecular complexity index is 760. The van der Waals surface area contributed by atoms with Crippen molar-refractivity contribution in [1.82, 2.24) is 0 Å². The van der Waals surface area contributed by atoms with E-state index >= 15 is 0 Å². The summed E-state index contributed by atoms with van der Waals surface area (Å²) in [5.74, 6) is -2.84. The van der Waals surface area contributed by atoms with E-state index in [1.807, 2.05) is 13.8 Å². The fourth-order valence-electron chi connectivity index (χ4n) is 5.85. The van der Waals surface area contributed by atoms with Gasteiger partial charge in [0.1, 0.15) is 12.4 Å². The van der Waals surface area contributed by atoms with E-state index in [1.54, 1.807) is 6.08 Å². The molecule has 0 aromatic heterocycles. The Kier molecular flexibility index (Phi) is 3.71. The number of allylic oxidation sites excluding steroid dienone is 3. The van der Waals surface area contributed by atoms with E-state index < -0.39 is 40.5 Å². The van der Waals surface area contributed by atoms with Gasteiger partial charge in [-0.2, -0.15) is 0 Å². The van der Waals surface area contributed by atoms with Gasteiger partial charge in [-0.3, -0.25) is 9.59 Å². The number of fused-ring (bicyclic) bond motifs is 6. The molecule has 0 amide bonds. The molecule has 6 nitrogen and oxygen atoms in total. The Morgan fingerprint density at radius 1 is 1.31 bits per heavy atom. The number of ether oxygens (including phenoxy) is 1. The van der Waals surface area contributed by atoms with Crippen LogP contribution in [-0.4, -0.2) is 41.0 Å². The average Bonchev–Trinajstić information content (AvgIpc) is 2.58. The molecule has 1 aliphatic heterocycles. The van der Waals surface area contributed by atoms with E-state index in [0.717, 1.165) is 19.1 Å². The monoisotopic (exact) mass is 360 g/mol. The third kappa shape index (κ3) is 2.05. The highest BCUT2D eigenvalue weighted by atomic mass is 16.5. The lowest BCUT2D eigenvalue weighted by Gasteiger charge is -2.55. The first kappa shape index (κ1) is 17.5. The molecule has 1 heterocycles. The molecular weight excluding hydrogens is 336 g/mol. The van der Waals surface area contributed by atoms with Crippen LogP contribution < -0.4 is 0 Å². The molecule has 5 unspecified atom stereocenters. The summed E-state index contributed by atoms with van der Waals surface area (Å²) in [5.41, 5.74) is -0.637. The average molecular weight is 360 g/mol. The van der Waals surface area contributed by atoms with Gasteiger partial charge in [0.25, 0.3) is 0 Å². The Morgan fingerprint density at radius 2 is 2.04 bits per heavy atom. The van der Waals surface area contributed by atoms with Gasteiger partial charge in [0.2, 0.25) is 5.78 Å². The van der Waals surface area contributed by atoms with Crippen LogP contribution in [0.4, 0.5) is 0 Å². The van der Waals surface area contributed by atoms with Gasteiger partial charge in [-0.1, -0.05) is 26.3 Å². The maximum Gasteiger partial charge on any atom is 0.312 e. The lowest BCUT2D eigenvalue weighted by atomic mass is 9.48. The molecule has 3 aliphatic carbocycles. The van der Waals surface area contributed by atoms with Gasteiger partial charge in [0, 0.05) is 11.5 Å². The lowest BCUT2D eigenvalue weighted by molar-refractivity contribution is -0.175. The third-order valence-electron chi connectivity index (χ3n) is 6.90. The van der Waals surface area contributed by atoms with Gasteiger partial charge in [-0.05, 0) is 36.2 Å². The molecule has 26 heavy (non-hydrogen) atoms. The molecule has 4 rings (SSSR count). The van der Waals surface area contributed by atoms with Crippen LogP contribution in [0.15, 0.2) is 23.0 Å². The van der Waals surface area contributed by atoms with Crippen LogP contribution in [0.3, 0.4) is 0 Å². The van der Waals surface area contributed by atoms with Crippen molar-refractivity contribution >= 4 is 18.0 Å². The summed E-state index contributed by atoms with van der Waals surface area (Å²) in [5, 5.41) is 20.3. The largest absolute Gasteiger partial charge is 0.504 e. The molecule has 5 atom stereocenters. The van der Waals surface area contributed by atoms with Crippen LogP contribution in [0.1, 0.15) is 39.5 Å². The first-order chi connectivity index (χ1) is 12.3. The summed E-state index contributed by atoms with van der Waals surface area (Å²) in [4.78, 5) is 37.7. The van der Waals surface area contributed by atoms with E-state index in [9.17, 15) is 24.6 Å². The minimum atomic E-state index is -1.02. The molecule has 2 fully saturated rings. The molecule has 0 spiro atoms. The Labute approximate surface area is 151 Å². The quantitative estimate of drug-likeness (QED) is 0.576. The van der Waals surface area contributed by atoms with E-state index in [-0.39, 0.29) is 18.3 Å². The zero-order valence-corrected chi connectivity index (χ0v) is 15.0. The zero-order valence-electron chi connectivity index (χ0n) is 15.0. The Morgan fingerprint density at radius 3 is 2.69 bits per heavy atom. The van der Waals surface area contributed by atoms with Crippen molar-refractivity contribution in [2.45, 2.75) is 45.6 Å². The normalized spacial score (nSPS) is 41.0. The molecule has 1 saturated heterocycles. The van der Waals surface area contributed by atoms with Crippen molar-refractivity contribution < 1.29 is 29.3 Å². The number of carbonyl (C=O) groups excluding carboxylic acids is 3. The number of aliphatic hydroxyl groups is 2. The molecule has 0 aromatic rings. The van der Waals surface area contributed by atoms with Gasteiger partial charge in [-0.15, -0.1) is 0 Å². The summed E-state index contributed by atoms with van der Waals surface area (Å²) >= 11 is 0. The molecular formula is C20H24O6. The van der Waals surface area contributed by atoms with Crippen molar-refractivity contribution in [1.29, 1.82) is 0 Å². The van der Waals surface area contributed by atoms with Gasteiger partial charge in [0.15, 0.2) is 5.76 Å². The van der Waals surface area contributed by atoms with Gasteiger partial charge in [0.05, 0.1) is 17.9 Å². The molecule has 0 aromatic carbocycles. The van der Waals surface area contributed by atoms with E-state index in [4.69, 9.17) is 4.74 Å². The highest BCUT2D eigenvalue weighted by molar-refractivity contribution is 6.10. The predicted molar refractivity (Wildman–Crippen MR) is 90.9 cm³/mol. The second kappa shape index (κ2) is 5.52. The second-order valence-corrected chi connectivity index (χ2v) is 8.71. The van der Waals surface area contributed by atoms with Crippen LogP contribution in [0.5, 0.6) is 0 Å². The maximum absolute atomic E-state index is 13.0. The highest BCUT2D eigenvalue weighted by Gasteiger charge is 2.62. The number of carbonyl (C=O) groups is 3. The van der Waals surface area contributed by atoms with Crippen molar-refractivity contribution in [3.63, 3.8) is 0 Å². The fraction of sp³-hybridized carbons (Fsp3) is 0.650. The standard InChI is InChI=1S/C20H24O6/c1-19(2)4-3-5-20(9-22)14-11(15(23)16(24)17(19)20)6-10-7-13(14)26-18(25)12(10)8-21/h6,9-10,12-14,21,24H,3-5,7-8H2,1-2H3. The Balaban J connectivity index is 1.95. The lowest BCUT2D eigenvalue weighted by Crippen LogP contribution is -2.57. The SMILES string of the molecule is CC1(C)CCCC2(C=O)C1=C(O)C(=O)C1=CC3CC(OC(=O)C3CO)C12. The number of rotatable bonds is 2. The number of aldehydes is 1. The minimum Gasteiger partial charge on any atom is -0.504 e. The second-order valence-electron chi connectivity index (χ2n) is 8.71. The van der Waals surface area contributed by atoms with Crippen LogP contribution >= 0.6 is 0 Å².